The first-order valence-corrected chi connectivity index (χ1v) is 34.2. The monoisotopic (exact) mass is 1190 g/mol. The minimum absolute atomic E-state index is 0.0963. The molecule has 0 bridgehead atoms. The molecule has 0 spiro atoms. The van der Waals surface area contributed by atoms with Crippen LogP contribution in [-0.4, -0.2) is 95.9 Å². The molecule has 0 aliphatic rings. The van der Waals surface area contributed by atoms with Crippen molar-refractivity contribution in [2.75, 3.05) is 39.6 Å². The third-order valence-electron chi connectivity index (χ3n) is 12.9. The van der Waals surface area contributed by atoms with Crippen molar-refractivity contribution in [1.82, 2.24) is 0 Å². The second kappa shape index (κ2) is 57.4. The Hall–Kier alpha value is -3.01. The van der Waals surface area contributed by atoms with Crippen LogP contribution in [-0.2, 0) is 55.8 Å². The number of carbonyl (C=O) groups is 3. The maximum atomic E-state index is 12.8. The Bertz CT molecular complexity index is 1780. The minimum atomic E-state index is -4.91. The number of esters is 3. The summed E-state index contributed by atoms with van der Waals surface area (Å²) in [6, 6.07) is 0. The van der Waals surface area contributed by atoms with Gasteiger partial charge >= 0.3 is 33.6 Å². The van der Waals surface area contributed by atoms with Crippen LogP contribution in [0.4, 0.5) is 0 Å². The summed E-state index contributed by atoms with van der Waals surface area (Å²) in [7, 11) is -9.76. The zero-order valence-corrected chi connectivity index (χ0v) is 52.2. The summed E-state index contributed by atoms with van der Waals surface area (Å²) in [5.74, 6) is -1.61. The van der Waals surface area contributed by atoms with Crippen molar-refractivity contribution in [2.24, 2.45) is 0 Å². The van der Waals surface area contributed by atoms with Crippen molar-refractivity contribution in [3.63, 3.8) is 0 Å². The molecule has 0 aromatic carbocycles. The Morgan fingerprint density at radius 2 is 0.667 bits per heavy atom. The van der Waals surface area contributed by atoms with E-state index < -0.39 is 91.5 Å². The van der Waals surface area contributed by atoms with Gasteiger partial charge in [0, 0.05) is 19.3 Å². The fraction of sp³-hybridized carbons (Fsp3) is 0.762. The van der Waals surface area contributed by atoms with Crippen LogP contribution in [0.1, 0.15) is 252 Å². The summed E-state index contributed by atoms with van der Waals surface area (Å²) in [5, 5.41) is 20.5. The number of hydrogen-bond donors (Lipinski definition) is 4. The smallest absolute Gasteiger partial charge is 0.463 e. The SMILES string of the molecule is CC/C=C\C/C=C\C/C=C\C/C=C\C/C=C\CCCCCC(=O)OCC(O)COP(=O)(O)OCC(O)COP(=O)(O)OCC(COC(=O)CCCCCCCCCCCCCCCCC)OC(=O)CCCCCCC/C=C\CCCC. The maximum Gasteiger partial charge on any atom is 0.472 e. The third kappa shape index (κ3) is 58.6. The molecule has 16 nitrogen and oxygen atoms in total. The first kappa shape index (κ1) is 78.0. The summed E-state index contributed by atoms with van der Waals surface area (Å²) in [5.41, 5.74) is 0. The quantitative estimate of drug-likeness (QED) is 0.0146. The van der Waals surface area contributed by atoms with Crippen LogP contribution >= 0.6 is 15.6 Å². The van der Waals surface area contributed by atoms with Gasteiger partial charge in [0.1, 0.15) is 25.4 Å². The second-order valence-corrected chi connectivity index (χ2v) is 23.7. The van der Waals surface area contributed by atoms with Gasteiger partial charge in [0.2, 0.25) is 0 Å². The van der Waals surface area contributed by atoms with Crippen molar-refractivity contribution in [3.05, 3.63) is 72.9 Å². The van der Waals surface area contributed by atoms with Crippen molar-refractivity contribution in [1.29, 1.82) is 0 Å². The van der Waals surface area contributed by atoms with Gasteiger partial charge in [-0.2, -0.15) is 0 Å². The van der Waals surface area contributed by atoms with E-state index in [0.717, 1.165) is 109 Å². The average Bonchev–Trinajstić information content (AvgIpc) is 3.44. The fourth-order valence-electron chi connectivity index (χ4n) is 8.11. The number of aliphatic hydroxyl groups excluding tert-OH is 2. The summed E-state index contributed by atoms with van der Waals surface area (Å²) in [6.07, 6.45) is 56.9. The fourth-order valence-corrected chi connectivity index (χ4v) is 9.69. The Morgan fingerprint density at radius 3 is 1.10 bits per heavy atom. The van der Waals surface area contributed by atoms with Gasteiger partial charge in [-0.25, -0.2) is 9.13 Å². The van der Waals surface area contributed by atoms with Gasteiger partial charge in [-0.15, -0.1) is 0 Å². The minimum Gasteiger partial charge on any atom is -0.463 e. The van der Waals surface area contributed by atoms with Crippen molar-refractivity contribution in [3.8, 4) is 0 Å². The number of aliphatic hydroxyl groups is 2. The number of phosphoric ester groups is 2. The highest BCUT2D eigenvalue weighted by atomic mass is 31.2. The molecule has 0 saturated heterocycles. The summed E-state index contributed by atoms with van der Waals surface area (Å²) in [4.78, 5) is 58.1. The van der Waals surface area contributed by atoms with Gasteiger partial charge in [-0.1, -0.05) is 222 Å². The van der Waals surface area contributed by atoms with Crippen LogP contribution < -0.4 is 0 Å². The largest absolute Gasteiger partial charge is 0.472 e. The van der Waals surface area contributed by atoms with Crippen LogP contribution in [0.5, 0.6) is 0 Å². The molecule has 0 aliphatic carbocycles. The van der Waals surface area contributed by atoms with Gasteiger partial charge in [0.05, 0.1) is 26.4 Å². The molecule has 4 N–H and O–H groups in total. The standard InChI is InChI=1S/C63H112O16P2/c1-4-7-10-13-16-19-22-24-26-27-28-29-31-33-35-37-40-43-46-49-61(66)73-52-58(64)53-75-80(69,70)76-54-59(65)55-77-81(71,72)78-57-60(79-63(68)51-48-45-42-39-34-21-18-15-12-9-6-3)56-74-62(67)50-47-44-41-38-36-32-30-25-23-20-17-14-11-8-5-2/h7,10,15-16,18-19,24,26,28-29,33,35,58-60,64-65H,4-6,8-9,11-14,17,20-23,25,27,30-32,34,36-57H2,1-3H3,(H,69,70)(H,71,72)/b10-7-,18-15-,19-16-,26-24-,29-28-,35-33-. The Kier molecular flexibility index (Phi) is 55.3. The highest BCUT2D eigenvalue weighted by Crippen LogP contribution is 2.45. The highest BCUT2D eigenvalue weighted by Gasteiger charge is 2.29. The Morgan fingerprint density at radius 1 is 0.358 bits per heavy atom. The molecule has 18 heteroatoms. The van der Waals surface area contributed by atoms with Crippen LogP contribution in [0.3, 0.4) is 0 Å². The van der Waals surface area contributed by atoms with E-state index in [1.165, 1.54) is 83.5 Å². The first-order valence-electron chi connectivity index (χ1n) is 31.2. The molecule has 0 amide bonds. The Balaban J connectivity index is 4.63. The Labute approximate surface area is 490 Å². The molecule has 0 radical (unpaired) electrons. The molecule has 5 atom stereocenters. The van der Waals surface area contributed by atoms with Crippen molar-refractivity contribution in [2.45, 2.75) is 270 Å². The van der Waals surface area contributed by atoms with Crippen molar-refractivity contribution < 1.29 is 75.8 Å². The van der Waals surface area contributed by atoms with E-state index in [2.05, 4.69) is 93.7 Å². The average molecular weight is 1190 g/mol. The summed E-state index contributed by atoms with van der Waals surface area (Å²) in [6.45, 7) is 2.46. The lowest BCUT2D eigenvalue weighted by Gasteiger charge is -2.21. The molecule has 0 aliphatic heterocycles. The van der Waals surface area contributed by atoms with Crippen LogP contribution in [0, 0.1) is 0 Å². The van der Waals surface area contributed by atoms with Crippen LogP contribution in [0.2, 0.25) is 0 Å². The van der Waals surface area contributed by atoms with E-state index in [0.29, 0.717) is 19.3 Å². The lowest BCUT2D eigenvalue weighted by Crippen LogP contribution is -2.30. The maximum absolute atomic E-state index is 12.8. The van der Waals surface area contributed by atoms with Crippen LogP contribution in [0.15, 0.2) is 72.9 Å². The lowest BCUT2D eigenvalue weighted by molar-refractivity contribution is -0.161. The molecule has 470 valence electrons. The van der Waals surface area contributed by atoms with Gasteiger partial charge < -0.3 is 34.2 Å². The molecule has 81 heavy (non-hydrogen) atoms. The molecule has 0 aromatic heterocycles. The van der Waals surface area contributed by atoms with E-state index >= 15 is 0 Å². The molecule has 0 heterocycles. The normalized spacial score (nSPS) is 14.9. The molecule has 5 unspecified atom stereocenters. The zero-order valence-electron chi connectivity index (χ0n) is 50.4. The van der Waals surface area contributed by atoms with Gasteiger partial charge in [-0.05, 0) is 83.5 Å². The van der Waals surface area contributed by atoms with E-state index in [-0.39, 0.29) is 19.3 Å². The van der Waals surface area contributed by atoms with Crippen molar-refractivity contribution >= 4 is 33.6 Å². The second-order valence-electron chi connectivity index (χ2n) is 20.8. The number of carbonyl (C=O) groups excluding carboxylic acids is 3. The van der Waals surface area contributed by atoms with E-state index in [1.54, 1.807) is 0 Å². The van der Waals surface area contributed by atoms with E-state index in [4.69, 9.17) is 32.3 Å². The van der Waals surface area contributed by atoms with Gasteiger partial charge in [0.15, 0.2) is 6.10 Å². The summed E-state index contributed by atoms with van der Waals surface area (Å²) < 4.78 is 60.6. The molecular formula is C63H112O16P2. The number of hydrogen-bond acceptors (Lipinski definition) is 14. The molecular weight excluding hydrogens is 1070 g/mol. The topological polar surface area (TPSA) is 231 Å². The van der Waals surface area contributed by atoms with Gasteiger partial charge in [0.25, 0.3) is 0 Å². The van der Waals surface area contributed by atoms with E-state index in [1.807, 2.05) is 0 Å². The number of unbranched alkanes of at least 4 members (excludes halogenated alkanes) is 24. The number of phosphoric acid groups is 2. The third-order valence-corrected chi connectivity index (χ3v) is 14.8. The highest BCUT2D eigenvalue weighted by molar-refractivity contribution is 7.47. The molecule has 0 saturated carbocycles. The number of ether oxygens (including phenoxy) is 3. The zero-order chi connectivity index (χ0) is 59.6. The predicted molar refractivity (Wildman–Crippen MR) is 325 cm³/mol. The number of allylic oxidation sites excluding steroid dienone is 12. The molecule has 0 fully saturated rings. The molecule has 0 aromatic rings. The van der Waals surface area contributed by atoms with E-state index in [9.17, 15) is 43.5 Å². The van der Waals surface area contributed by atoms with Gasteiger partial charge in [-0.3, -0.25) is 32.5 Å². The van der Waals surface area contributed by atoms with Crippen LogP contribution in [0.25, 0.3) is 0 Å². The lowest BCUT2D eigenvalue weighted by atomic mass is 10.0. The predicted octanol–water partition coefficient (Wildman–Crippen LogP) is 16.4. The summed E-state index contributed by atoms with van der Waals surface area (Å²) >= 11 is 0. The molecule has 0 rings (SSSR count). The number of rotatable bonds is 59. The first-order chi connectivity index (χ1) is 39.2.